The first-order valence-electron chi connectivity index (χ1n) is 5.33. The Morgan fingerprint density at radius 3 is 2.53 bits per heavy atom. The molecule has 0 aliphatic carbocycles. The van der Waals surface area contributed by atoms with E-state index in [0.717, 1.165) is 12.8 Å². The van der Waals surface area contributed by atoms with Gasteiger partial charge in [0.15, 0.2) is 0 Å². The quantitative estimate of drug-likeness (QED) is 0.779. The fraction of sp³-hybridized carbons (Fsp3) is 0.500. The molecule has 0 saturated carbocycles. The Morgan fingerprint density at radius 2 is 1.87 bits per heavy atom. The van der Waals surface area contributed by atoms with Crippen molar-refractivity contribution in [1.29, 1.82) is 0 Å². The number of hydrogen-bond acceptors (Lipinski definition) is 3. The van der Waals surface area contributed by atoms with Crippen LogP contribution in [0.1, 0.15) is 24.5 Å². The van der Waals surface area contributed by atoms with Crippen molar-refractivity contribution in [3.05, 3.63) is 29.8 Å². The predicted octanol–water partition coefficient (Wildman–Crippen LogP) is 1.85. The van der Waals surface area contributed by atoms with Gasteiger partial charge in [-0.15, -0.1) is 0 Å². The number of para-hydroxylation sites is 1. The molecule has 0 aromatic heterocycles. The Bertz CT molecular complexity index is 318. The zero-order chi connectivity index (χ0) is 10.7. The summed E-state index contributed by atoms with van der Waals surface area (Å²) in [6, 6.07) is 6.97. The molecule has 1 atom stereocenters. The fourth-order valence-corrected chi connectivity index (χ4v) is 2.02. The lowest BCUT2D eigenvalue weighted by molar-refractivity contribution is 0.00638. The maximum Gasteiger partial charge on any atom is 0.121 e. The van der Waals surface area contributed by atoms with Crippen LogP contribution in [0.15, 0.2) is 24.3 Å². The van der Waals surface area contributed by atoms with Crippen LogP contribution in [-0.4, -0.2) is 23.4 Å². The molecule has 1 heterocycles. The average molecular weight is 208 g/mol. The van der Waals surface area contributed by atoms with Crippen molar-refractivity contribution in [2.24, 2.45) is 5.92 Å². The van der Waals surface area contributed by atoms with E-state index in [1.165, 1.54) is 0 Å². The third-order valence-electron chi connectivity index (χ3n) is 2.97. The molecule has 0 bridgehead atoms. The number of aliphatic hydroxyl groups is 1. The van der Waals surface area contributed by atoms with Gasteiger partial charge in [-0.05, 0) is 24.8 Å². The average Bonchev–Trinajstić information content (AvgIpc) is 2.30. The number of ether oxygens (including phenoxy) is 1. The van der Waals surface area contributed by atoms with E-state index in [9.17, 15) is 10.2 Å². The summed E-state index contributed by atoms with van der Waals surface area (Å²) in [5.74, 6) is 0.378. The second-order valence-corrected chi connectivity index (χ2v) is 3.95. The monoisotopic (exact) mass is 208 g/mol. The topological polar surface area (TPSA) is 49.7 Å². The normalized spacial score (nSPS) is 20.1. The minimum Gasteiger partial charge on any atom is -0.508 e. The molecule has 0 amide bonds. The van der Waals surface area contributed by atoms with E-state index in [0.29, 0.717) is 18.8 Å². The minimum absolute atomic E-state index is 0.177. The summed E-state index contributed by atoms with van der Waals surface area (Å²) in [5, 5.41) is 19.7. The van der Waals surface area contributed by atoms with E-state index < -0.39 is 6.10 Å². The number of aliphatic hydroxyl groups excluding tert-OH is 1. The lowest BCUT2D eigenvalue weighted by atomic mass is 9.89. The predicted molar refractivity (Wildman–Crippen MR) is 56.6 cm³/mol. The molecule has 82 valence electrons. The van der Waals surface area contributed by atoms with Crippen molar-refractivity contribution in [1.82, 2.24) is 0 Å². The molecular weight excluding hydrogens is 192 g/mol. The molecule has 15 heavy (non-hydrogen) atoms. The molecule has 3 heteroatoms. The van der Waals surface area contributed by atoms with Crippen LogP contribution < -0.4 is 0 Å². The van der Waals surface area contributed by atoms with Crippen LogP contribution >= 0.6 is 0 Å². The van der Waals surface area contributed by atoms with Crippen LogP contribution in [0.25, 0.3) is 0 Å². The number of hydrogen-bond donors (Lipinski definition) is 2. The Kier molecular flexibility index (Phi) is 3.23. The highest BCUT2D eigenvalue weighted by molar-refractivity contribution is 5.33. The second kappa shape index (κ2) is 4.64. The second-order valence-electron chi connectivity index (χ2n) is 3.95. The lowest BCUT2D eigenvalue weighted by Crippen LogP contribution is -2.21. The molecule has 1 aromatic carbocycles. The third-order valence-corrected chi connectivity index (χ3v) is 2.97. The van der Waals surface area contributed by atoms with Crippen molar-refractivity contribution in [2.45, 2.75) is 18.9 Å². The number of phenols is 1. The standard InChI is InChI=1S/C12H16O3/c13-11-4-2-1-3-10(11)12(14)9-5-7-15-8-6-9/h1-4,9,12-14H,5-8H2. The maximum absolute atomic E-state index is 10.1. The first-order valence-corrected chi connectivity index (χ1v) is 5.33. The van der Waals surface area contributed by atoms with Gasteiger partial charge in [0.2, 0.25) is 0 Å². The number of phenolic OH excluding ortho intramolecular Hbond substituents is 1. The van der Waals surface area contributed by atoms with E-state index >= 15 is 0 Å². The Hall–Kier alpha value is -1.06. The van der Waals surface area contributed by atoms with E-state index in [4.69, 9.17) is 4.74 Å². The summed E-state index contributed by atoms with van der Waals surface area (Å²) >= 11 is 0. The van der Waals surface area contributed by atoms with Gasteiger partial charge in [-0.25, -0.2) is 0 Å². The van der Waals surface area contributed by atoms with Gasteiger partial charge in [-0.1, -0.05) is 18.2 Å². The van der Waals surface area contributed by atoms with E-state index in [1.807, 2.05) is 6.07 Å². The van der Waals surface area contributed by atoms with Crippen molar-refractivity contribution in [3.8, 4) is 5.75 Å². The number of rotatable bonds is 2. The zero-order valence-electron chi connectivity index (χ0n) is 8.60. The van der Waals surface area contributed by atoms with Gasteiger partial charge in [0.05, 0.1) is 6.10 Å². The van der Waals surface area contributed by atoms with Crippen molar-refractivity contribution < 1.29 is 14.9 Å². The molecule has 1 aromatic rings. The first-order chi connectivity index (χ1) is 7.29. The molecule has 1 aliphatic heterocycles. The van der Waals surface area contributed by atoms with Crippen LogP contribution in [0, 0.1) is 5.92 Å². The van der Waals surface area contributed by atoms with Gasteiger partial charge in [0.25, 0.3) is 0 Å². The van der Waals surface area contributed by atoms with Crippen LogP contribution in [0.2, 0.25) is 0 Å². The molecule has 1 unspecified atom stereocenters. The molecule has 0 spiro atoms. The minimum atomic E-state index is -0.574. The van der Waals surface area contributed by atoms with Gasteiger partial charge < -0.3 is 14.9 Å². The van der Waals surface area contributed by atoms with Crippen LogP contribution in [0.4, 0.5) is 0 Å². The molecule has 1 aliphatic rings. The zero-order valence-corrected chi connectivity index (χ0v) is 8.60. The molecular formula is C12H16O3. The first kappa shape index (κ1) is 10.5. The number of aromatic hydroxyl groups is 1. The highest BCUT2D eigenvalue weighted by Gasteiger charge is 2.24. The third kappa shape index (κ3) is 2.30. The molecule has 3 nitrogen and oxygen atoms in total. The SMILES string of the molecule is Oc1ccccc1C(O)C1CCOCC1. The fourth-order valence-electron chi connectivity index (χ4n) is 2.02. The summed E-state index contributed by atoms with van der Waals surface area (Å²) in [7, 11) is 0. The van der Waals surface area contributed by atoms with E-state index in [2.05, 4.69) is 0 Å². The summed E-state index contributed by atoms with van der Waals surface area (Å²) in [5.41, 5.74) is 0.629. The van der Waals surface area contributed by atoms with Gasteiger partial charge in [0, 0.05) is 18.8 Å². The van der Waals surface area contributed by atoms with Crippen LogP contribution in [0.5, 0.6) is 5.75 Å². The van der Waals surface area contributed by atoms with Crippen LogP contribution in [-0.2, 0) is 4.74 Å². The highest BCUT2D eigenvalue weighted by Crippen LogP contribution is 2.33. The summed E-state index contributed by atoms with van der Waals surface area (Å²) < 4.78 is 5.24. The van der Waals surface area contributed by atoms with E-state index in [-0.39, 0.29) is 11.7 Å². The largest absolute Gasteiger partial charge is 0.508 e. The molecule has 1 fully saturated rings. The van der Waals surface area contributed by atoms with Gasteiger partial charge in [-0.3, -0.25) is 0 Å². The summed E-state index contributed by atoms with van der Waals surface area (Å²) in [4.78, 5) is 0. The molecule has 1 saturated heterocycles. The lowest BCUT2D eigenvalue weighted by Gasteiger charge is -2.27. The highest BCUT2D eigenvalue weighted by atomic mass is 16.5. The summed E-state index contributed by atoms with van der Waals surface area (Å²) in [6.45, 7) is 1.41. The Morgan fingerprint density at radius 1 is 1.20 bits per heavy atom. The van der Waals surface area contributed by atoms with Crippen molar-refractivity contribution in [2.75, 3.05) is 13.2 Å². The Balaban J connectivity index is 2.12. The van der Waals surface area contributed by atoms with Crippen LogP contribution in [0.3, 0.4) is 0 Å². The molecule has 2 N–H and O–H groups in total. The van der Waals surface area contributed by atoms with Gasteiger partial charge in [-0.2, -0.15) is 0 Å². The molecule has 0 radical (unpaired) electrons. The smallest absolute Gasteiger partial charge is 0.121 e. The maximum atomic E-state index is 10.1. The summed E-state index contributed by atoms with van der Waals surface area (Å²) in [6.07, 6.45) is 1.14. The van der Waals surface area contributed by atoms with Gasteiger partial charge in [0.1, 0.15) is 5.75 Å². The van der Waals surface area contributed by atoms with E-state index in [1.54, 1.807) is 18.2 Å². The number of benzene rings is 1. The van der Waals surface area contributed by atoms with Crippen molar-refractivity contribution in [3.63, 3.8) is 0 Å². The Labute approximate surface area is 89.3 Å². The van der Waals surface area contributed by atoms with Gasteiger partial charge >= 0.3 is 0 Å². The van der Waals surface area contributed by atoms with Crippen molar-refractivity contribution >= 4 is 0 Å². The molecule has 2 rings (SSSR count).